The average molecular weight is 506 g/mol. The summed E-state index contributed by atoms with van der Waals surface area (Å²) in [6, 6.07) is 5.50. The van der Waals surface area contributed by atoms with E-state index >= 15 is 0 Å². The van der Waals surface area contributed by atoms with E-state index in [1.54, 1.807) is 12.4 Å². The molecule has 4 fully saturated rings. The molecule has 196 valence electrons. The maximum absolute atomic E-state index is 13.3. The molecule has 2 bridgehead atoms. The van der Waals surface area contributed by atoms with Crippen LogP contribution in [0.2, 0.25) is 0 Å². The molecular formula is C30H35NO6. The largest absolute Gasteiger partial charge is 0.481 e. The number of fused-ring (bicyclic) bond motifs is 5. The third-order valence-corrected chi connectivity index (χ3v) is 11.6. The predicted molar refractivity (Wildman–Crippen MR) is 136 cm³/mol. The van der Waals surface area contributed by atoms with Crippen LogP contribution in [0.5, 0.6) is 5.75 Å². The van der Waals surface area contributed by atoms with Gasteiger partial charge in [0.05, 0.1) is 17.8 Å². The van der Waals surface area contributed by atoms with E-state index in [4.69, 9.17) is 13.9 Å². The van der Waals surface area contributed by atoms with Gasteiger partial charge in [0.15, 0.2) is 5.79 Å². The zero-order chi connectivity index (χ0) is 26.1. The third kappa shape index (κ3) is 2.50. The molecule has 37 heavy (non-hydrogen) atoms. The maximum atomic E-state index is 13.3. The van der Waals surface area contributed by atoms with Gasteiger partial charge in [-0.15, -0.1) is 0 Å². The van der Waals surface area contributed by atoms with E-state index in [1.165, 1.54) is 0 Å². The van der Waals surface area contributed by atoms with E-state index in [0.717, 1.165) is 24.0 Å². The molecule has 0 aromatic carbocycles. The summed E-state index contributed by atoms with van der Waals surface area (Å²) in [6.07, 6.45) is 9.31. The molecule has 0 radical (unpaired) electrons. The van der Waals surface area contributed by atoms with Crippen LogP contribution < -0.4 is 10.4 Å². The number of nitrogens with zero attached hydrogens (tertiary/aromatic N) is 1. The lowest BCUT2D eigenvalue weighted by molar-refractivity contribution is -0.439. The normalized spacial score (nSPS) is 43.0. The SMILES string of the molecule is CC1=CCC2C(C)(CCC3(O)C24CCC(O)(OC4)C3(C)C)C12Cc1c(cc(-c3cccnc3)oc1=O)O2. The molecule has 2 saturated heterocycles. The Balaban J connectivity index is 1.35. The number of ether oxygens (including phenoxy) is 2. The lowest BCUT2D eigenvalue weighted by atomic mass is 9.35. The highest BCUT2D eigenvalue weighted by Gasteiger charge is 2.80. The number of rotatable bonds is 1. The van der Waals surface area contributed by atoms with Crippen LogP contribution in [0.25, 0.3) is 11.3 Å². The van der Waals surface area contributed by atoms with E-state index < -0.39 is 27.8 Å². The molecule has 2 N–H and O–H groups in total. The first-order chi connectivity index (χ1) is 17.4. The summed E-state index contributed by atoms with van der Waals surface area (Å²) in [6.45, 7) is 8.62. The van der Waals surface area contributed by atoms with Gasteiger partial charge >= 0.3 is 5.63 Å². The zero-order valence-corrected chi connectivity index (χ0v) is 22.0. The quantitative estimate of drug-likeness (QED) is 0.554. The first kappa shape index (κ1) is 23.6. The lowest BCUT2D eigenvalue weighted by Gasteiger charge is -2.75. The summed E-state index contributed by atoms with van der Waals surface area (Å²) >= 11 is 0. The Labute approximate surface area is 216 Å². The molecule has 5 heterocycles. The van der Waals surface area contributed by atoms with Crippen molar-refractivity contribution in [3.8, 4) is 17.1 Å². The molecule has 7 heteroatoms. The predicted octanol–water partition coefficient (Wildman–Crippen LogP) is 4.40. The highest BCUT2D eigenvalue weighted by atomic mass is 16.6. The van der Waals surface area contributed by atoms with Gasteiger partial charge in [-0.25, -0.2) is 4.79 Å². The van der Waals surface area contributed by atoms with Crippen LogP contribution in [0.15, 0.2) is 51.5 Å². The molecule has 6 unspecified atom stereocenters. The molecule has 2 saturated carbocycles. The number of aromatic nitrogens is 1. The molecule has 2 spiro atoms. The minimum atomic E-state index is -1.32. The van der Waals surface area contributed by atoms with Crippen molar-refractivity contribution in [3.05, 3.63) is 58.2 Å². The van der Waals surface area contributed by atoms with E-state index in [1.807, 2.05) is 32.0 Å². The van der Waals surface area contributed by atoms with E-state index in [2.05, 4.69) is 24.9 Å². The smallest absolute Gasteiger partial charge is 0.343 e. The van der Waals surface area contributed by atoms with Crippen LogP contribution in [-0.2, 0) is 11.2 Å². The first-order valence-corrected chi connectivity index (χ1v) is 13.5. The summed E-state index contributed by atoms with van der Waals surface area (Å²) in [4.78, 5) is 17.4. The van der Waals surface area contributed by atoms with Crippen LogP contribution >= 0.6 is 0 Å². The fourth-order valence-corrected chi connectivity index (χ4v) is 9.19. The van der Waals surface area contributed by atoms with Gasteiger partial charge in [0, 0.05) is 53.1 Å². The van der Waals surface area contributed by atoms with Gasteiger partial charge in [0.1, 0.15) is 17.1 Å². The van der Waals surface area contributed by atoms with Crippen molar-refractivity contribution in [2.75, 3.05) is 6.61 Å². The Hall–Kier alpha value is -2.48. The fourth-order valence-electron chi connectivity index (χ4n) is 9.19. The Morgan fingerprint density at radius 1 is 1.11 bits per heavy atom. The minimum Gasteiger partial charge on any atom is -0.481 e. The number of hydrogen-bond donors (Lipinski definition) is 2. The highest BCUT2D eigenvalue weighted by Crippen LogP contribution is 2.75. The third-order valence-electron chi connectivity index (χ3n) is 11.6. The summed E-state index contributed by atoms with van der Waals surface area (Å²) in [5, 5.41) is 23.8. The molecular weight excluding hydrogens is 470 g/mol. The van der Waals surface area contributed by atoms with Crippen molar-refractivity contribution in [3.63, 3.8) is 0 Å². The summed E-state index contributed by atoms with van der Waals surface area (Å²) < 4.78 is 18.9. The zero-order valence-electron chi connectivity index (χ0n) is 22.0. The molecule has 0 amide bonds. The number of hydrogen-bond acceptors (Lipinski definition) is 7. The molecule has 3 aliphatic heterocycles. The van der Waals surface area contributed by atoms with Gasteiger partial charge in [-0.3, -0.25) is 4.98 Å². The van der Waals surface area contributed by atoms with Gasteiger partial charge in [0.25, 0.3) is 0 Å². The van der Waals surface area contributed by atoms with Gasteiger partial charge in [-0.1, -0.05) is 26.8 Å². The molecule has 7 nitrogen and oxygen atoms in total. The van der Waals surface area contributed by atoms with Crippen LogP contribution in [0, 0.1) is 22.2 Å². The van der Waals surface area contributed by atoms with E-state index in [9.17, 15) is 15.0 Å². The summed E-state index contributed by atoms with van der Waals surface area (Å²) in [5.41, 5.74) is -1.41. The molecule has 6 aliphatic rings. The highest BCUT2D eigenvalue weighted by molar-refractivity contribution is 5.59. The molecule has 6 atom stereocenters. The molecule has 3 aliphatic carbocycles. The second-order valence-electron chi connectivity index (χ2n) is 12.9. The Bertz CT molecular complexity index is 1390. The van der Waals surface area contributed by atoms with Crippen LogP contribution in [0.1, 0.15) is 65.4 Å². The van der Waals surface area contributed by atoms with Crippen molar-refractivity contribution in [2.45, 2.75) is 83.2 Å². The van der Waals surface area contributed by atoms with E-state index in [-0.39, 0.29) is 17.0 Å². The number of aliphatic hydroxyl groups is 2. The first-order valence-electron chi connectivity index (χ1n) is 13.5. The Morgan fingerprint density at radius 2 is 1.92 bits per heavy atom. The van der Waals surface area contributed by atoms with Crippen LogP contribution in [0.3, 0.4) is 0 Å². The van der Waals surface area contributed by atoms with E-state index in [0.29, 0.717) is 49.4 Å². The number of pyridine rings is 1. The van der Waals surface area contributed by atoms with Gasteiger partial charge in [-0.05, 0) is 56.2 Å². The fraction of sp³-hybridized carbons (Fsp3) is 0.600. The minimum absolute atomic E-state index is 0.0609. The van der Waals surface area contributed by atoms with Crippen molar-refractivity contribution in [1.29, 1.82) is 0 Å². The standard InChI is InChI=1S/C30H35NO6/c1-18-7-8-23-26(4,9-11-29(33)25(2,3)30(34)12-10-27(23,29)17-35-30)28(18)15-20-22(37-28)14-21(36-24(20)32)19-6-5-13-31-16-19/h5-7,13-14,16,23,33-34H,8-12,15,17H2,1-4H3. The monoisotopic (exact) mass is 505 g/mol. The van der Waals surface area contributed by atoms with Crippen molar-refractivity contribution >= 4 is 0 Å². The topological polar surface area (TPSA) is 102 Å². The van der Waals surface area contributed by atoms with Gasteiger partial charge in [0.2, 0.25) is 0 Å². The lowest BCUT2D eigenvalue weighted by Crippen LogP contribution is -2.81. The molecule has 2 aromatic heterocycles. The summed E-state index contributed by atoms with van der Waals surface area (Å²) in [7, 11) is 0. The van der Waals surface area contributed by atoms with Crippen molar-refractivity contribution in [2.24, 2.45) is 22.2 Å². The molecule has 2 aromatic rings. The second kappa shape index (κ2) is 6.93. The van der Waals surface area contributed by atoms with Crippen molar-refractivity contribution in [1.82, 2.24) is 4.98 Å². The second-order valence-corrected chi connectivity index (χ2v) is 12.9. The maximum Gasteiger partial charge on any atom is 0.343 e. The average Bonchev–Trinajstić information content (AvgIpc) is 3.28. The number of allylic oxidation sites excluding steroid dienone is 1. The Kier molecular flexibility index (Phi) is 4.42. The summed E-state index contributed by atoms with van der Waals surface area (Å²) in [5.74, 6) is -0.248. The van der Waals surface area contributed by atoms with Gasteiger partial charge < -0.3 is 24.1 Å². The van der Waals surface area contributed by atoms with Crippen molar-refractivity contribution < 1.29 is 24.1 Å². The van der Waals surface area contributed by atoms with Crippen LogP contribution in [0.4, 0.5) is 0 Å². The molecule has 8 rings (SSSR count). The Morgan fingerprint density at radius 3 is 2.62 bits per heavy atom. The van der Waals surface area contributed by atoms with Crippen LogP contribution in [-0.4, -0.2) is 38.8 Å². The van der Waals surface area contributed by atoms with Gasteiger partial charge in [-0.2, -0.15) is 0 Å².